The molecule has 3 aromatic heterocycles. The molecule has 0 unspecified atom stereocenters. The number of ether oxygens (including phenoxy) is 1. The van der Waals surface area contributed by atoms with Crippen LogP contribution in [0.4, 0.5) is 4.79 Å². The third-order valence-corrected chi connectivity index (χ3v) is 8.39. The summed E-state index contributed by atoms with van der Waals surface area (Å²) in [5, 5.41) is 17.7. The minimum atomic E-state index is -0.945. The maximum atomic E-state index is 13.1. The van der Waals surface area contributed by atoms with Gasteiger partial charge in [-0.05, 0) is 56.7 Å². The monoisotopic (exact) mass is 569 g/mol. The molecular weight excluding hydrogens is 538 g/mol. The highest BCUT2D eigenvalue weighted by Crippen LogP contribution is 2.38. The Morgan fingerprint density at radius 3 is 2.83 bits per heavy atom. The first kappa shape index (κ1) is 27.9. The van der Waals surface area contributed by atoms with Crippen molar-refractivity contribution in [3.63, 3.8) is 0 Å². The number of rotatable bonds is 9. The molecule has 11 heteroatoms. The topological polar surface area (TPSA) is 137 Å². The molecular formula is C30H31N7O3S. The number of aromatic nitrogens is 3. The maximum absolute atomic E-state index is 13.1. The van der Waals surface area contributed by atoms with Crippen LogP contribution in [0.15, 0.2) is 54.0 Å². The Morgan fingerprint density at radius 2 is 2.07 bits per heavy atom. The lowest BCUT2D eigenvalue weighted by Crippen LogP contribution is -2.47. The van der Waals surface area contributed by atoms with Gasteiger partial charge in [-0.3, -0.25) is 4.79 Å². The molecule has 0 fully saturated rings. The number of hydrogen-bond acceptors (Lipinski definition) is 7. The number of hydrogen-bond donors (Lipinski definition) is 3. The number of H-pyrrole nitrogens is 1. The molecule has 3 N–H and O–H groups in total. The van der Waals surface area contributed by atoms with E-state index in [-0.39, 0.29) is 13.0 Å². The van der Waals surface area contributed by atoms with Gasteiger partial charge in [0.15, 0.2) is 0 Å². The number of nitrogens with one attached hydrogen (secondary N) is 3. The molecule has 4 aromatic rings. The molecule has 10 nitrogen and oxygen atoms in total. The molecule has 0 saturated heterocycles. The molecule has 0 aliphatic heterocycles. The van der Waals surface area contributed by atoms with E-state index in [1.807, 2.05) is 50.2 Å². The molecule has 0 radical (unpaired) electrons. The van der Waals surface area contributed by atoms with E-state index in [0.29, 0.717) is 5.69 Å². The van der Waals surface area contributed by atoms with Gasteiger partial charge in [0.05, 0.1) is 18.1 Å². The summed E-state index contributed by atoms with van der Waals surface area (Å²) in [4.78, 5) is 33.8. The van der Waals surface area contributed by atoms with Gasteiger partial charge < -0.3 is 19.6 Å². The van der Waals surface area contributed by atoms with Crippen LogP contribution < -0.4 is 10.7 Å². The normalized spacial score (nSPS) is 13.4. The smallest absolute Gasteiger partial charge is 0.408 e. The van der Waals surface area contributed by atoms with E-state index in [4.69, 9.17) is 4.74 Å². The minimum absolute atomic E-state index is 0.0829. The number of aromatic amines is 1. The molecule has 0 saturated carbocycles. The summed E-state index contributed by atoms with van der Waals surface area (Å²) in [5.74, 6) is -0.501. The van der Waals surface area contributed by atoms with Crippen LogP contribution in [0.1, 0.15) is 57.1 Å². The molecule has 0 bridgehead atoms. The van der Waals surface area contributed by atoms with Crippen molar-refractivity contribution in [3.8, 4) is 11.1 Å². The molecule has 0 spiro atoms. The fourth-order valence-electron chi connectivity index (χ4n) is 5.03. The van der Waals surface area contributed by atoms with Gasteiger partial charge in [0, 0.05) is 40.1 Å². The Bertz CT molecular complexity index is 1600. The lowest BCUT2D eigenvalue weighted by Gasteiger charge is -2.16. The van der Waals surface area contributed by atoms with Gasteiger partial charge in [-0.25, -0.2) is 15.2 Å². The summed E-state index contributed by atoms with van der Waals surface area (Å²) in [6.45, 7) is 4.05. The van der Waals surface area contributed by atoms with Crippen molar-refractivity contribution in [2.24, 2.45) is 5.10 Å². The first-order chi connectivity index (χ1) is 19.9. The number of alkyl carbamates (subject to hydrolysis) is 1. The second-order valence-corrected chi connectivity index (χ2v) is 11.0. The number of carbonyl (C=O) groups is 2. The van der Waals surface area contributed by atoms with Crippen LogP contribution in [0.2, 0.25) is 0 Å². The van der Waals surface area contributed by atoms with Crippen molar-refractivity contribution in [1.29, 1.82) is 5.26 Å². The fourth-order valence-corrected chi connectivity index (χ4v) is 6.48. The molecule has 3 heterocycles. The molecule has 1 atom stereocenters. The number of imidazole rings is 1. The standard InChI is InChI=1S/C30H31N7O3S/c1-19-12-22(20(2)37(19)29-25(14-31)24-10-6-7-11-27(24)41-29)15-34-36-28(38)26(13-23-16-32-18-33-23)35-30(39)40-17-21-8-4-3-5-9-21/h3-5,8-9,12,15-16,18,26H,6-7,10-11,13,17H2,1-2H3,(H,32,33)(H,35,39)(H,36,38)/b34-15-/t26-/m1/s1. The van der Waals surface area contributed by atoms with Crippen LogP contribution in [0.3, 0.4) is 0 Å². The first-order valence-electron chi connectivity index (χ1n) is 13.5. The second-order valence-electron chi connectivity index (χ2n) is 9.94. The average Bonchev–Trinajstić information content (AvgIpc) is 3.69. The predicted molar refractivity (Wildman–Crippen MR) is 156 cm³/mol. The third-order valence-electron chi connectivity index (χ3n) is 7.12. The number of carbonyl (C=O) groups excluding carboxylic acids is 2. The number of benzene rings is 1. The van der Waals surface area contributed by atoms with Crippen molar-refractivity contribution in [2.45, 2.75) is 58.6 Å². The summed E-state index contributed by atoms with van der Waals surface area (Å²) in [7, 11) is 0. The number of thiophene rings is 1. The number of fused-ring (bicyclic) bond motifs is 1. The van der Waals surface area contributed by atoms with Crippen LogP contribution in [-0.4, -0.2) is 38.8 Å². The van der Waals surface area contributed by atoms with Crippen molar-refractivity contribution in [2.75, 3.05) is 0 Å². The van der Waals surface area contributed by atoms with E-state index in [2.05, 4.69) is 36.4 Å². The quantitative estimate of drug-likeness (QED) is 0.200. The number of amides is 2. The summed E-state index contributed by atoms with van der Waals surface area (Å²) in [6.07, 6.45) is 8.37. The van der Waals surface area contributed by atoms with Crippen LogP contribution in [0.25, 0.3) is 5.00 Å². The van der Waals surface area contributed by atoms with Crippen molar-refractivity contribution in [3.05, 3.63) is 93.1 Å². The lowest BCUT2D eigenvalue weighted by atomic mass is 9.96. The highest BCUT2D eigenvalue weighted by molar-refractivity contribution is 7.15. The van der Waals surface area contributed by atoms with E-state index in [9.17, 15) is 14.9 Å². The van der Waals surface area contributed by atoms with Gasteiger partial charge in [0.1, 0.15) is 23.7 Å². The largest absolute Gasteiger partial charge is 0.445 e. The van der Waals surface area contributed by atoms with Gasteiger partial charge >= 0.3 is 6.09 Å². The molecule has 41 heavy (non-hydrogen) atoms. The first-order valence-corrected chi connectivity index (χ1v) is 14.3. The van der Waals surface area contributed by atoms with Crippen LogP contribution in [0, 0.1) is 25.2 Å². The second kappa shape index (κ2) is 12.7. The van der Waals surface area contributed by atoms with Gasteiger partial charge in [-0.2, -0.15) is 10.4 Å². The Balaban J connectivity index is 1.28. The predicted octanol–water partition coefficient (Wildman–Crippen LogP) is 4.62. The summed E-state index contributed by atoms with van der Waals surface area (Å²) in [5.41, 5.74) is 8.72. The van der Waals surface area contributed by atoms with E-state index in [1.54, 1.807) is 23.7 Å². The highest BCUT2D eigenvalue weighted by atomic mass is 32.1. The zero-order valence-electron chi connectivity index (χ0n) is 22.9. The zero-order chi connectivity index (χ0) is 28.8. The highest BCUT2D eigenvalue weighted by Gasteiger charge is 2.25. The Labute approximate surface area is 242 Å². The number of hydrazone groups is 1. The minimum Gasteiger partial charge on any atom is -0.445 e. The van der Waals surface area contributed by atoms with Gasteiger partial charge in [-0.1, -0.05) is 30.3 Å². The van der Waals surface area contributed by atoms with Crippen LogP contribution in [-0.2, 0) is 35.4 Å². The Hall–Kier alpha value is -4.69. The third kappa shape index (κ3) is 6.39. The van der Waals surface area contributed by atoms with Crippen LogP contribution in [0.5, 0.6) is 0 Å². The van der Waals surface area contributed by atoms with E-state index in [1.165, 1.54) is 16.8 Å². The number of aryl methyl sites for hydroxylation is 2. The summed E-state index contributed by atoms with van der Waals surface area (Å²) < 4.78 is 7.40. The average molecular weight is 570 g/mol. The van der Waals surface area contributed by atoms with Crippen LogP contribution >= 0.6 is 11.3 Å². The summed E-state index contributed by atoms with van der Waals surface area (Å²) in [6, 6.07) is 12.8. The van der Waals surface area contributed by atoms with E-state index < -0.39 is 18.0 Å². The van der Waals surface area contributed by atoms with Gasteiger partial charge in [-0.15, -0.1) is 11.3 Å². The maximum Gasteiger partial charge on any atom is 0.408 e. The van der Waals surface area contributed by atoms with E-state index in [0.717, 1.165) is 58.8 Å². The molecule has 1 aliphatic rings. The molecule has 210 valence electrons. The SMILES string of the molecule is Cc1cc(/C=N\NC(=O)[C@@H](Cc2cnc[nH]2)NC(=O)OCc2ccccc2)c(C)n1-c1sc2c(c1C#N)CCCC2. The van der Waals surface area contributed by atoms with Gasteiger partial charge in [0.2, 0.25) is 0 Å². The van der Waals surface area contributed by atoms with Gasteiger partial charge in [0.25, 0.3) is 5.91 Å². The number of nitrogens with zero attached hydrogens (tertiary/aromatic N) is 4. The number of nitriles is 1. The summed E-state index contributed by atoms with van der Waals surface area (Å²) >= 11 is 1.69. The lowest BCUT2D eigenvalue weighted by molar-refractivity contribution is -0.123. The Kier molecular flexibility index (Phi) is 8.60. The zero-order valence-corrected chi connectivity index (χ0v) is 23.8. The van der Waals surface area contributed by atoms with Crippen molar-refractivity contribution < 1.29 is 14.3 Å². The van der Waals surface area contributed by atoms with Crippen molar-refractivity contribution in [1.82, 2.24) is 25.3 Å². The molecule has 2 amide bonds. The molecule has 1 aliphatic carbocycles. The Morgan fingerprint density at radius 1 is 1.27 bits per heavy atom. The molecule has 5 rings (SSSR count). The molecule has 1 aromatic carbocycles. The van der Waals surface area contributed by atoms with Crippen molar-refractivity contribution >= 4 is 29.6 Å². The fraction of sp³-hybridized carbons (Fsp3) is 0.300. The van der Waals surface area contributed by atoms with E-state index >= 15 is 0 Å².